The van der Waals surface area contributed by atoms with Gasteiger partial charge in [0.2, 0.25) is 10.0 Å². The van der Waals surface area contributed by atoms with Crippen molar-refractivity contribution in [1.82, 2.24) is 9.97 Å². The predicted octanol–water partition coefficient (Wildman–Crippen LogP) is 4.77. The molecule has 2 heterocycles. The number of nitrogens with one attached hydrogen (secondary N) is 1. The van der Waals surface area contributed by atoms with Crippen LogP contribution in [-0.2, 0) is 22.3 Å². The second-order valence-electron chi connectivity index (χ2n) is 8.19. The Hall–Kier alpha value is -3.25. The van der Waals surface area contributed by atoms with Crippen LogP contribution in [0, 0.1) is 11.6 Å². The van der Waals surface area contributed by atoms with Gasteiger partial charge >= 0.3 is 6.03 Å². The minimum atomic E-state index is -3.88. The molecular formula is C23H23F2N5O3S2. The molecule has 2 amide bonds. The van der Waals surface area contributed by atoms with Gasteiger partial charge < -0.3 is 0 Å². The summed E-state index contributed by atoms with van der Waals surface area (Å²) in [4.78, 5) is 24.8. The molecule has 3 aromatic rings. The highest BCUT2D eigenvalue weighted by Gasteiger charge is 2.35. The van der Waals surface area contributed by atoms with Gasteiger partial charge in [0.15, 0.2) is 5.16 Å². The van der Waals surface area contributed by atoms with E-state index in [1.807, 2.05) is 20.1 Å². The largest absolute Gasteiger partial charge is 0.330 e. The van der Waals surface area contributed by atoms with Crippen LogP contribution >= 0.6 is 11.8 Å². The number of nitrogens with zero attached hydrogens (tertiary/aromatic N) is 4. The summed E-state index contributed by atoms with van der Waals surface area (Å²) in [5.74, 6) is -1.15. The lowest BCUT2D eigenvalue weighted by Crippen LogP contribution is -2.51. The monoisotopic (exact) mass is 519 g/mol. The van der Waals surface area contributed by atoms with Crippen LogP contribution in [0.25, 0.3) is 0 Å². The van der Waals surface area contributed by atoms with Crippen molar-refractivity contribution in [2.45, 2.75) is 37.3 Å². The Bertz CT molecular complexity index is 1370. The zero-order valence-electron chi connectivity index (χ0n) is 19.2. The minimum absolute atomic E-state index is 0.00160. The molecule has 1 aliphatic heterocycles. The van der Waals surface area contributed by atoms with Gasteiger partial charge in [0, 0.05) is 23.9 Å². The normalized spacial score (nSPS) is 13.8. The summed E-state index contributed by atoms with van der Waals surface area (Å²) in [6.07, 6.45) is 3.46. The van der Waals surface area contributed by atoms with E-state index in [9.17, 15) is 17.6 Å². The standard InChI is InChI=1S/C23H23F2N5O3S2/c1-14(2)30-21-16(11-26-22(27-21)34-3)12-29(23(30)31)20-9-8-18(10-19(20)25)28-35(32,33)13-15-4-6-17(24)7-5-15/h4-11,14,28H,12-13H2,1-3H3. The zero-order valence-corrected chi connectivity index (χ0v) is 20.8. The number of fused-ring (bicyclic) bond motifs is 1. The van der Waals surface area contributed by atoms with Crippen LogP contribution in [0.15, 0.2) is 53.8 Å². The Kier molecular flexibility index (Phi) is 6.95. The number of amides is 2. The first-order chi connectivity index (χ1) is 16.6. The number of sulfonamides is 1. The lowest BCUT2D eigenvalue weighted by molar-refractivity contribution is 0.248. The average molecular weight is 520 g/mol. The van der Waals surface area contributed by atoms with Gasteiger partial charge in [-0.2, -0.15) is 0 Å². The fourth-order valence-electron chi connectivity index (χ4n) is 3.72. The number of anilines is 3. The molecule has 0 unspecified atom stereocenters. The Balaban J connectivity index is 1.59. The van der Waals surface area contributed by atoms with E-state index in [4.69, 9.17) is 0 Å². The fourth-order valence-corrected chi connectivity index (χ4v) is 5.24. The van der Waals surface area contributed by atoms with Gasteiger partial charge in [-0.05, 0) is 49.9 Å². The van der Waals surface area contributed by atoms with E-state index < -0.39 is 33.4 Å². The Morgan fingerprint density at radius 2 is 1.86 bits per heavy atom. The van der Waals surface area contributed by atoms with E-state index >= 15 is 4.39 Å². The third-order valence-corrected chi connectivity index (χ3v) is 7.12. The molecule has 1 aromatic heterocycles. The summed E-state index contributed by atoms with van der Waals surface area (Å²) in [5, 5.41) is 0.527. The molecule has 2 aromatic carbocycles. The molecule has 1 aliphatic rings. The van der Waals surface area contributed by atoms with Crippen LogP contribution in [0.5, 0.6) is 0 Å². The zero-order chi connectivity index (χ0) is 25.3. The topological polar surface area (TPSA) is 95.5 Å². The van der Waals surface area contributed by atoms with Gasteiger partial charge in [0.1, 0.15) is 17.5 Å². The van der Waals surface area contributed by atoms with Gasteiger partial charge in [0.05, 0.1) is 23.7 Å². The molecule has 0 spiro atoms. The van der Waals surface area contributed by atoms with Crippen LogP contribution in [0.1, 0.15) is 25.0 Å². The third kappa shape index (κ3) is 5.38. The first-order valence-corrected chi connectivity index (χ1v) is 13.5. The highest BCUT2D eigenvalue weighted by atomic mass is 32.2. The second kappa shape index (κ2) is 9.78. The van der Waals surface area contributed by atoms with E-state index in [1.54, 1.807) is 6.20 Å². The van der Waals surface area contributed by atoms with Crippen LogP contribution in [0.4, 0.5) is 30.8 Å². The number of aromatic nitrogens is 2. The number of hydrogen-bond donors (Lipinski definition) is 1. The van der Waals surface area contributed by atoms with E-state index in [-0.39, 0.29) is 24.0 Å². The number of thioether (sulfide) groups is 1. The molecule has 0 aliphatic carbocycles. The lowest BCUT2D eigenvalue weighted by atomic mass is 10.1. The molecule has 0 fully saturated rings. The van der Waals surface area contributed by atoms with Gasteiger partial charge in [-0.25, -0.2) is 32.0 Å². The maximum Gasteiger partial charge on any atom is 0.330 e. The van der Waals surface area contributed by atoms with Gasteiger partial charge in [-0.1, -0.05) is 23.9 Å². The highest BCUT2D eigenvalue weighted by molar-refractivity contribution is 7.98. The molecule has 35 heavy (non-hydrogen) atoms. The van der Waals surface area contributed by atoms with Crippen LogP contribution < -0.4 is 14.5 Å². The van der Waals surface area contributed by atoms with Crippen molar-refractivity contribution in [3.8, 4) is 0 Å². The quantitative estimate of drug-likeness (QED) is 0.357. The molecule has 184 valence electrons. The van der Waals surface area contributed by atoms with E-state index in [1.165, 1.54) is 58.0 Å². The summed E-state index contributed by atoms with van der Waals surface area (Å²) in [7, 11) is -3.88. The van der Waals surface area contributed by atoms with Crippen molar-refractivity contribution >= 4 is 45.0 Å². The fraction of sp³-hybridized carbons (Fsp3) is 0.261. The van der Waals surface area contributed by atoms with Crippen molar-refractivity contribution in [1.29, 1.82) is 0 Å². The number of urea groups is 1. The molecular weight excluding hydrogens is 496 g/mol. The molecule has 12 heteroatoms. The summed E-state index contributed by atoms with van der Waals surface area (Å²) < 4.78 is 55.5. The summed E-state index contributed by atoms with van der Waals surface area (Å²) >= 11 is 1.36. The maximum atomic E-state index is 15.2. The van der Waals surface area contributed by atoms with Crippen molar-refractivity contribution < 1.29 is 22.0 Å². The van der Waals surface area contributed by atoms with E-state index in [0.717, 1.165) is 6.07 Å². The highest BCUT2D eigenvalue weighted by Crippen LogP contribution is 2.34. The molecule has 4 rings (SSSR count). The van der Waals surface area contributed by atoms with E-state index in [2.05, 4.69) is 14.7 Å². The number of benzene rings is 2. The first-order valence-electron chi connectivity index (χ1n) is 10.6. The first kappa shape index (κ1) is 24.9. The Morgan fingerprint density at radius 3 is 2.49 bits per heavy atom. The Labute approximate surface area is 206 Å². The minimum Gasteiger partial charge on any atom is -0.286 e. The number of carbonyl (C=O) groups excluding carboxylic acids is 1. The van der Waals surface area contributed by atoms with Crippen molar-refractivity contribution in [3.63, 3.8) is 0 Å². The van der Waals surface area contributed by atoms with Gasteiger partial charge in [0.25, 0.3) is 0 Å². The molecule has 0 radical (unpaired) electrons. The average Bonchev–Trinajstić information content (AvgIpc) is 2.79. The van der Waals surface area contributed by atoms with Crippen molar-refractivity contribution in [3.05, 3.63) is 71.4 Å². The maximum absolute atomic E-state index is 15.2. The third-order valence-electron chi connectivity index (χ3n) is 5.29. The molecule has 1 N–H and O–H groups in total. The molecule has 8 nitrogen and oxygen atoms in total. The van der Waals surface area contributed by atoms with Crippen LogP contribution in [0.2, 0.25) is 0 Å². The van der Waals surface area contributed by atoms with Gasteiger partial charge in [-0.3, -0.25) is 14.5 Å². The molecule has 0 bridgehead atoms. The van der Waals surface area contributed by atoms with Crippen LogP contribution in [0.3, 0.4) is 0 Å². The lowest BCUT2D eigenvalue weighted by Gasteiger charge is -2.38. The number of halogens is 2. The molecule has 0 saturated heterocycles. The molecule has 0 atom stereocenters. The van der Waals surface area contributed by atoms with Crippen LogP contribution in [-0.4, -0.2) is 36.7 Å². The molecule has 0 saturated carbocycles. The summed E-state index contributed by atoms with van der Waals surface area (Å²) in [5.41, 5.74) is 1.06. The number of hydrogen-bond acceptors (Lipinski definition) is 6. The number of carbonyl (C=O) groups is 1. The predicted molar refractivity (Wildman–Crippen MR) is 132 cm³/mol. The second-order valence-corrected chi connectivity index (χ2v) is 10.7. The SMILES string of the molecule is CSc1ncc2c(n1)N(C(C)C)C(=O)N(c1ccc(NS(=O)(=O)Cc3ccc(F)cc3)cc1F)C2. The van der Waals surface area contributed by atoms with Gasteiger partial charge in [-0.15, -0.1) is 0 Å². The van der Waals surface area contributed by atoms with Crippen molar-refractivity contribution in [2.24, 2.45) is 0 Å². The Morgan fingerprint density at radius 1 is 1.14 bits per heavy atom. The van der Waals surface area contributed by atoms with E-state index in [0.29, 0.717) is 22.1 Å². The van der Waals surface area contributed by atoms with Crippen molar-refractivity contribution in [2.75, 3.05) is 20.8 Å². The smallest absolute Gasteiger partial charge is 0.286 e. The number of rotatable bonds is 7. The summed E-state index contributed by atoms with van der Waals surface area (Å²) in [6.45, 7) is 3.74. The summed E-state index contributed by atoms with van der Waals surface area (Å²) in [6, 6.07) is 8.14.